The lowest BCUT2D eigenvalue weighted by Gasteiger charge is -2.17. The third kappa shape index (κ3) is 5.08. The summed E-state index contributed by atoms with van der Waals surface area (Å²) in [6, 6.07) is 0. The molecule has 0 heterocycles. The summed E-state index contributed by atoms with van der Waals surface area (Å²) < 4.78 is 21.2. The Hall–Kier alpha value is 0.0600. The van der Waals surface area contributed by atoms with Crippen LogP contribution in [0.15, 0.2) is 0 Å². The monoisotopic (exact) mass is 282 g/mol. The van der Waals surface area contributed by atoms with E-state index in [9.17, 15) is 13.9 Å². The van der Waals surface area contributed by atoms with Gasteiger partial charge in [0.05, 0.1) is 0 Å². The standard InChI is InChI=1S/C4H9ClO8P2/c5-3(15(11,12)13)1-2(4(6)7)14(8,9)10/h2-3H,1H2,(H,6,7)(H2,8,9,10)(H2,11,12,13). The van der Waals surface area contributed by atoms with E-state index in [0.717, 1.165) is 0 Å². The molecule has 2 unspecified atom stereocenters. The molecular weight excluding hydrogens is 273 g/mol. The van der Waals surface area contributed by atoms with Crippen molar-refractivity contribution in [3.05, 3.63) is 0 Å². The molecule has 0 saturated heterocycles. The average Bonchev–Trinajstić information content (AvgIpc) is 1.94. The Bertz CT molecular complexity index is 330. The van der Waals surface area contributed by atoms with Crippen LogP contribution in [-0.2, 0) is 13.9 Å². The lowest BCUT2D eigenvalue weighted by molar-refractivity contribution is -0.136. The first-order chi connectivity index (χ1) is 6.46. The van der Waals surface area contributed by atoms with Crippen molar-refractivity contribution < 1.29 is 38.6 Å². The number of carboxylic acid groups (broad SMARTS) is 1. The van der Waals surface area contributed by atoms with Crippen molar-refractivity contribution in [2.75, 3.05) is 0 Å². The molecule has 8 nitrogen and oxygen atoms in total. The van der Waals surface area contributed by atoms with Crippen molar-refractivity contribution in [1.29, 1.82) is 0 Å². The molecule has 0 saturated carbocycles. The van der Waals surface area contributed by atoms with Crippen molar-refractivity contribution in [2.45, 2.75) is 17.2 Å². The number of carbonyl (C=O) groups is 1. The second-order valence-electron chi connectivity index (χ2n) is 2.70. The van der Waals surface area contributed by atoms with Gasteiger partial charge in [-0.1, -0.05) is 0 Å². The highest BCUT2D eigenvalue weighted by Gasteiger charge is 2.41. The maximum absolute atomic E-state index is 10.6. The van der Waals surface area contributed by atoms with E-state index in [2.05, 4.69) is 0 Å². The fourth-order valence-electron chi connectivity index (χ4n) is 0.704. The van der Waals surface area contributed by atoms with Gasteiger partial charge in [-0.3, -0.25) is 13.9 Å². The first kappa shape index (κ1) is 15.1. The van der Waals surface area contributed by atoms with Gasteiger partial charge in [-0.05, 0) is 6.42 Å². The van der Waals surface area contributed by atoms with Crippen LogP contribution in [0.25, 0.3) is 0 Å². The van der Waals surface area contributed by atoms with Crippen LogP contribution >= 0.6 is 26.8 Å². The van der Waals surface area contributed by atoms with Crippen LogP contribution in [0.4, 0.5) is 0 Å². The number of carboxylic acids is 1. The van der Waals surface area contributed by atoms with Gasteiger partial charge in [0.2, 0.25) is 0 Å². The van der Waals surface area contributed by atoms with Crippen molar-refractivity contribution >= 4 is 32.8 Å². The Balaban J connectivity index is 4.81. The first-order valence-corrected chi connectivity index (χ1v) is 7.23. The SMILES string of the molecule is O=C(O)C(CC(Cl)P(=O)(O)O)P(=O)(O)O. The Morgan fingerprint density at radius 3 is 1.73 bits per heavy atom. The average molecular weight is 283 g/mol. The summed E-state index contributed by atoms with van der Waals surface area (Å²) in [5.41, 5.74) is -2.22. The number of alkyl halides is 1. The second-order valence-corrected chi connectivity index (χ2v) is 7.14. The van der Waals surface area contributed by atoms with Crippen molar-refractivity contribution in [2.24, 2.45) is 0 Å². The van der Waals surface area contributed by atoms with Crippen LogP contribution in [0.3, 0.4) is 0 Å². The molecule has 90 valence electrons. The normalized spacial score (nSPS) is 17.1. The second kappa shape index (κ2) is 4.93. The third-order valence-corrected chi connectivity index (χ3v) is 4.60. The maximum Gasteiger partial charge on any atom is 0.343 e. The molecule has 0 aromatic heterocycles. The topological polar surface area (TPSA) is 152 Å². The largest absolute Gasteiger partial charge is 0.481 e. The van der Waals surface area contributed by atoms with Crippen LogP contribution in [-0.4, -0.2) is 41.4 Å². The number of halogens is 1. The van der Waals surface area contributed by atoms with Gasteiger partial charge in [0.1, 0.15) is 5.12 Å². The summed E-state index contributed by atoms with van der Waals surface area (Å²) in [5, 5.41) is 6.48. The number of hydrogen-bond acceptors (Lipinski definition) is 3. The highest BCUT2D eigenvalue weighted by molar-refractivity contribution is 7.55. The van der Waals surface area contributed by atoms with Gasteiger partial charge >= 0.3 is 21.2 Å². The Labute approximate surface area is 89.2 Å². The molecule has 0 aliphatic carbocycles. The Kier molecular flexibility index (Phi) is 4.95. The molecule has 0 amide bonds. The first-order valence-electron chi connectivity index (χ1n) is 3.43. The minimum absolute atomic E-state index is 1.01. The van der Waals surface area contributed by atoms with Gasteiger partial charge in [-0.2, -0.15) is 0 Å². The van der Waals surface area contributed by atoms with Gasteiger partial charge < -0.3 is 24.7 Å². The number of rotatable bonds is 5. The minimum atomic E-state index is -4.98. The molecule has 2 atom stereocenters. The zero-order chi connectivity index (χ0) is 12.4. The number of hydrogen-bond donors (Lipinski definition) is 5. The molecule has 0 radical (unpaired) electrons. The maximum atomic E-state index is 10.6. The number of aliphatic carboxylic acids is 1. The van der Waals surface area contributed by atoms with E-state index >= 15 is 0 Å². The Morgan fingerprint density at radius 2 is 1.53 bits per heavy atom. The molecule has 0 rings (SSSR count). The molecule has 0 aliphatic rings. The van der Waals surface area contributed by atoms with E-state index in [1.54, 1.807) is 0 Å². The van der Waals surface area contributed by atoms with E-state index in [1.165, 1.54) is 0 Å². The molecule has 0 bridgehead atoms. The summed E-state index contributed by atoms with van der Waals surface area (Å²) in [6.07, 6.45) is -1.01. The summed E-state index contributed by atoms with van der Waals surface area (Å²) in [7, 11) is -9.74. The zero-order valence-corrected chi connectivity index (χ0v) is 9.64. The van der Waals surface area contributed by atoms with Crippen molar-refractivity contribution in [3.63, 3.8) is 0 Å². The molecule has 0 spiro atoms. The molecular formula is C4H9ClO8P2. The zero-order valence-electron chi connectivity index (χ0n) is 7.10. The summed E-state index contributed by atoms with van der Waals surface area (Å²) in [6.45, 7) is 0. The quantitative estimate of drug-likeness (QED) is 0.342. The molecule has 0 fully saturated rings. The fourth-order valence-corrected chi connectivity index (χ4v) is 2.43. The van der Waals surface area contributed by atoms with E-state index < -0.39 is 38.4 Å². The molecule has 0 aromatic carbocycles. The molecule has 0 aromatic rings. The summed E-state index contributed by atoms with van der Waals surface area (Å²) >= 11 is 5.13. The van der Waals surface area contributed by atoms with Crippen LogP contribution in [0.1, 0.15) is 6.42 Å². The fraction of sp³-hybridized carbons (Fsp3) is 0.750. The Morgan fingerprint density at radius 1 is 1.13 bits per heavy atom. The lowest BCUT2D eigenvalue weighted by atomic mass is 10.3. The van der Waals surface area contributed by atoms with Crippen LogP contribution in [0.5, 0.6) is 0 Å². The third-order valence-electron chi connectivity index (χ3n) is 1.47. The van der Waals surface area contributed by atoms with Gasteiger partial charge in [0.15, 0.2) is 5.66 Å². The van der Waals surface area contributed by atoms with Crippen molar-refractivity contribution in [1.82, 2.24) is 0 Å². The van der Waals surface area contributed by atoms with E-state index in [-0.39, 0.29) is 0 Å². The highest BCUT2D eigenvalue weighted by atomic mass is 35.5. The predicted molar refractivity (Wildman–Crippen MR) is 49.8 cm³/mol. The van der Waals surface area contributed by atoms with E-state index in [4.69, 9.17) is 36.3 Å². The molecule has 5 N–H and O–H groups in total. The highest BCUT2D eigenvalue weighted by Crippen LogP contribution is 2.51. The van der Waals surface area contributed by atoms with Crippen LogP contribution < -0.4 is 0 Å². The predicted octanol–water partition coefficient (Wildman–Crippen LogP) is -0.250. The van der Waals surface area contributed by atoms with Crippen molar-refractivity contribution in [3.8, 4) is 0 Å². The summed E-state index contributed by atoms with van der Waals surface area (Å²) in [4.78, 5) is 44.6. The van der Waals surface area contributed by atoms with E-state index in [0.29, 0.717) is 0 Å². The van der Waals surface area contributed by atoms with Gasteiger partial charge in [-0.25, -0.2) is 0 Å². The van der Waals surface area contributed by atoms with Gasteiger partial charge in [0, 0.05) is 0 Å². The van der Waals surface area contributed by atoms with Crippen LogP contribution in [0.2, 0.25) is 0 Å². The van der Waals surface area contributed by atoms with Crippen LogP contribution in [0, 0.1) is 0 Å². The van der Waals surface area contributed by atoms with Gasteiger partial charge in [-0.15, -0.1) is 11.6 Å². The summed E-state index contributed by atoms with van der Waals surface area (Å²) in [5.74, 6) is -1.86. The molecule has 0 aliphatic heterocycles. The smallest absolute Gasteiger partial charge is 0.343 e. The lowest BCUT2D eigenvalue weighted by Crippen LogP contribution is -2.24. The minimum Gasteiger partial charge on any atom is -0.481 e. The van der Waals surface area contributed by atoms with E-state index in [1.807, 2.05) is 0 Å². The molecule has 15 heavy (non-hydrogen) atoms. The molecule has 11 heteroatoms. The van der Waals surface area contributed by atoms with Gasteiger partial charge in [0.25, 0.3) is 0 Å².